The maximum atomic E-state index is 13.1. The summed E-state index contributed by atoms with van der Waals surface area (Å²) in [6.45, 7) is 4.75. The van der Waals surface area contributed by atoms with E-state index >= 15 is 0 Å². The summed E-state index contributed by atoms with van der Waals surface area (Å²) in [5.74, 6) is 2.10. The summed E-state index contributed by atoms with van der Waals surface area (Å²) < 4.78 is 20.6. The Morgan fingerprint density at radius 2 is 1.86 bits per heavy atom. The second kappa shape index (κ2) is 11.8. The monoisotopic (exact) mass is 505 g/mol. The van der Waals surface area contributed by atoms with Crippen LogP contribution in [0.25, 0.3) is 10.8 Å². The maximum Gasteiger partial charge on any atom is 0.213 e. The number of ether oxygens (including phenoxy) is 1. The van der Waals surface area contributed by atoms with E-state index in [1.165, 1.54) is 31.7 Å². The molecule has 1 atom stereocenters. The standard InChI is InChI=1S/C31H40FN3O2/c1-22(32)21-37-31-11-10-25-13-16-35(17-14-29(25)33-31)15-12-23-6-8-24(9-7-23)18-30(36)27-5-3-4-26-19-34(2)20-28(26)27/h3-5,10-11,19-20,22-24H,6-9,12-18,21H2,1-2H3. The number of hydrogen-bond donors (Lipinski definition) is 0. The van der Waals surface area contributed by atoms with Crippen molar-refractivity contribution in [3.05, 3.63) is 59.5 Å². The molecule has 6 heteroatoms. The summed E-state index contributed by atoms with van der Waals surface area (Å²) in [7, 11) is 2.01. The number of aromatic nitrogens is 2. The van der Waals surface area contributed by atoms with Crippen molar-refractivity contribution in [3.63, 3.8) is 0 Å². The Morgan fingerprint density at radius 1 is 1.08 bits per heavy atom. The van der Waals surface area contributed by atoms with Crippen LogP contribution >= 0.6 is 0 Å². The minimum Gasteiger partial charge on any atom is -0.475 e. The van der Waals surface area contributed by atoms with Gasteiger partial charge in [0, 0.05) is 73.5 Å². The van der Waals surface area contributed by atoms with E-state index in [9.17, 15) is 9.18 Å². The van der Waals surface area contributed by atoms with Crippen LogP contribution in [0.3, 0.4) is 0 Å². The van der Waals surface area contributed by atoms with Crippen molar-refractivity contribution >= 4 is 16.6 Å². The maximum absolute atomic E-state index is 13.1. The normalized spacial score (nSPS) is 21.4. The molecule has 0 saturated heterocycles. The Morgan fingerprint density at radius 3 is 2.68 bits per heavy atom. The Kier molecular flexibility index (Phi) is 8.23. The summed E-state index contributed by atoms with van der Waals surface area (Å²) in [5, 5.41) is 2.22. The van der Waals surface area contributed by atoms with Crippen LogP contribution in [0.15, 0.2) is 42.7 Å². The molecule has 198 valence electrons. The zero-order valence-corrected chi connectivity index (χ0v) is 22.3. The Labute approximate surface area is 220 Å². The molecule has 1 aliphatic heterocycles. The van der Waals surface area contributed by atoms with E-state index in [1.807, 2.05) is 29.8 Å². The number of Topliss-reactive ketones (excluding diaryl/α,β-unsaturated/α-hetero) is 1. The molecule has 3 heterocycles. The van der Waals surface area contributed by atoms with Crippen molar-refractivity contribution in [2.24, 2.45) is 18.9 Å². The highest BCUT2D eigenvalue weighted by atomic mass is 19.1. The highest BCUT2D eigenvalue weighted by molar-refractivity contribution is 6.08. The lowest BCUT2D eigenvalue weighted by atomic mass is 9.78. The first kappa shape index (κ1) is 25.9. The molecule has 0 N–H and O–H groups in total. The van der Waals surface area contributed by atoms with Crippen molar-refractivity contribution in [2.75, 3.05) is 26.2 Å². The van der Waals surface area contributed by atoms with Gasteiger partial charge in [-0.15, -0.1) is 0 Å². The summed E-state index contributed by atoms with van der Waals surface area (Å²) in [5.41, 5.74) is 3.27. The number of fused-ring (bicyclic) bond motifs is 2. The van der Waals surface area contributed by atoms with Crippen molar-refractivity contribution in [2.45, 2.75) is 64.5 Å². The molecule has 3 aromatic rings. The van der Waals surface area contributed by atoms with Crippen LogP contribution in [0.5, 0.6) is 5.88 Å². The van der Waals surface area contributed by atoms with Gasteiger partial charge in [0.25, 0.3) is 0 Å². The molecule has 2 aliphatic rings. The number of alkyl halides is 1. The van der Waals surface area contributed by atoms with E-state index in [2.05, 4.69) is 34.4 Å². The van der Waals surface area contributed by atoms with Gasteiger partial charge < -0.3 is 14.2 Å². The molecule has 1 unspecified atom stereocenters. The number of carbonyl (C=O) groups is 1. The molecule has 0 radical (unpaired) electrons. The van der Waals surface area contributed by atoms with E-state index in [0.29, 0.717) is 24.0 Å². The molecule has 5 rings (SSSR count). The number of hydrogen-bond acceptors (Lipinski definition) is 4. The highest BCUT2D eigenvalue weighted by Gasteiger charge is 2.25. The number of ketones is 1. The third-order valence-corrected chi connectivity index (χ3v) is 8.28. The average Bonchev–Trinajstić information content (AvgIpc) is 3.16. The molecular weight excluding hydrogens is 465 g/mol. The minimum absolute atomic E-state index is 0.0531. The summed E-state index contributed by atoms with van der Waals surface area (Å²) in [6.07, 6.45) is 11.8. The van der Waals surface area contributed by atoms with Crippen LogP contribution in [0.1, 0.15) is 67.1 Å². The topological polar surface area (TPSA) is 47.4 Å². The second-order valence-corrected chi connectivity index (χ2v) is 11.2. The third kappa shape index (κ3) is 6.59. The van der Waals surface area contributed by atoms with Gasteiger partial charge >= 0.3 is 0 Å². The van der Waals surface area contributed by atoms with Crippen LogP contribution < -0.4 is 4.74 Å². The van der Waals surface area contributed by atoms with Crippen LogP contribution in [-0.2, 0) is 19.9 Å². The molecule has 5 nitrogen and oxygen atoms in total. The van der Waals surface area contributed by atoms with Gasteiger partial charge in [-0.1, -0.05) is 37.1 Å². The molecule has 0 bridgehead atoms. The number of halogens is 1. The first-order valence-corrected chi connectivity index (χ1v) is 14.0. The zero-order chi connectivity index (χ0) is 25.8. The lowest BCUT2D eigenvalue weighted by molar-refractivity contribution is 0.0942. The molecule has 1 saturated carbocycles. The first-order chi connectivity index (χ1) is 17.9. The second-order valence-electron chi connectivity index (χ2n) is 11.2. The first-order valence-electron chi connectivity index (χ1n) is 14.0. The number of aryl methyl sites for hydroxylation is 1. The van der Waals surface area contributed by atoms with E-state index < -0.39 is 6.17 Å². The quantitative estimate of drug-likeness (QED) is 0.326. The fraction of sp³-hybridized carbons (Fsp3) is 0.548. The Bertz CT molecular complexity index is 1210. The van der Waals surface area contributed by atoms with Gasteiger partial charge in [0.1, 0.15) is 12.8 Å². The van der Waals surface area contributed by atoms with Crippen LogP contribution in [0.4, 0.5) is 4.39 Å². The average molecular weight is 506 g/mol. The Balaban J connectivity index is 1.06. The molecule has 1 aliphatic carbocycles. The number of rotatable bonds is 9. The van der Waals surface area contributed by atoms with Crippen molar-refractivity contribution in [1.29, 1.82) is 0 Å². The molecule has 0 amide bonds. The predicted molar refractivity (Wildman–Crippen MR) is 146 cm³/mol. The highest BCUT2D eigenvalue weighted by Crippen LogP contribution is 2.34. The van der Waals surface area contributed by atoms with Crippen LogP contribution in [0.2, 0.25) is 0 Å². The van der Waals surface area contributed by atoms with E-state index in [1.54, 1.807) is 0 Å². The van der Waals surface area contributed by atoms with E-state index in [-0.39, 0.29) is 6.61 Å². The summed E-state index contributed by atoms with van der Waals surface area (Å²) in [4.78, 5) is 20.3. The largest absolute Gasteiger partial charge is 0.475 e. The summed E-state index contributed by atoms with van der Waals surface area (Å²) in [6, 6.07) is 10.1. The van der Waals surface area contributed by atoms with Gasteiger partial charge in [0.05, 0.1) is 0 Å². The Hall–Kier alpha value is -2.73. The van der Waals surface area contributed by atoms with Gasteiger partial charge in [-0.25, -0.2) is 9.37 Å². The number of carbonyl (C=O) groups excluding carboxylic acids is 1. The zero-order valence-electron chi connectivity index (χ0n) is 22.3. The van der Waals surface area contributed by atoms with Crippen molar-refractivity contribution in [1.82, 2.24) is 14.5 Å². The fourth-order valence-corrected chi connectivity index (χ4v) is 6.12. The van der Waals surface area contributed by atoms with Gasteiger partial charge in [-0.05, 0) is 56.6 Å². The molecular formula is C31H40FN3O2. The van der Waals surface area contributed by atoms with Crippen molar-refractivity contribution in [3.8, 4) is 5.88 Å². The van der Waals surface area contributed by atoms with E-state index in [0.717, 1.165) is 73.3 Å². The molecule has 1 aromatic carbocycles. The van der Waals surface area contributed by atoms with E-state index in [4.69, 9.17) is 4.74 Å². The minimum atomic E-state index is -0.990. The lowest BCUT2D eigenvalue weighted by Gasteiger charge is -2.30. The van der Waals surface area contributed by atoms with Gasteiger partial charge in [0.2, 0.25) is 5.88 Å². The molecule has 0 spiro atoms. The predicted octanol–water partition coefficient (Wildman–Crippen LogP) is 6.18. The molecule has 1 fully saturated rings. The number of pyridine rings is 1. The van der Waals surface area contributed by atoms with Crippen molar-refractivity contribution < 1.29 is 13.9 Å². The molecule has 2 aromatic heterocycles. The van der Waals surface area contributed by atoms with Gasteiger partial charge in [0.15, 0.2) is 5.78 Å². The van der Waals surface area contributed by atoms with Gasteiger partial charge in [-0.2, -0.15) is 0 Å². The smallest absolute Gasteiger partial charge is 0.213 e. The summed E-state index contributed by atoms with van der Waals surface area (Å²) >= 11 is 0. The number of benzene rings is 1. The lowest BCUT2D eigenvalue weighted by Crippen LogP contribution is -2.29. The fourth-order valence-electron chi connectivity index (χ4n) is 6.12. The molecule has 37 heavy (non-hydrogen) atoms. The van der Waals surface area contributed by atoms with Crippen LogP contribution in [0, 0.1) is 11.8 Å². The third-order valence-electron chi connectivity index (χ3n) is 8.28. The number of nitrogens with zero attached hydrogens (tertiary/aromatic N) is 3. The SMILES string of the molecule is CC(F)COc1ccc2c(n1)CCN(CCC1CCC(CC(=O)c3cccc4cn(C)cc34)CC1)CC2. The van der Waals surface area contributed by atoms with Crippen LogP contribution in [-0.4, -0.2) is 52.6 Å². The van der Waals surface area contributed by atoms with Gasteiger partial charge in [-0.3, -0.25) is 4.79 Å².